The Labute approximate surface area is 214 Å². The van der Waals surface area contributed by atoms with Gasteiger partial charge in [0.05, 0.1) is 17.0 Å². The van der Waals surface area contributed by atoms with Crippen molar-refractivity contribution in [1.29, 1.82) is 0 Å². The number of allylic oxidation sites excluding steroid dienone is 2. The van der Waals surface area contributed by atoms with E-state index in [1.165, 1.54) is 33.0 Å². The molecular formula is C32H26N2O3. The van der Waals surface area contributed by atoms with Crippen LogP contribution in [0, 0.1) is 0 Å². The maximum absolute atomic E-state index is 11.7. The Hall–Kier alpha value is -4.25. The van der Waals surface area contributed by atoms with E-state index in [1.807, 2.05) is 6.08 Å². The average molecular weight is 487 g/mol. The van der Waals surface area contributed by atoms with Gasteiger partial charge < -0.3 is 10.8 Å². The number of fused-ring (bicyclic) bond motifs is 8. The summed E-state index contributed by atoms with van der Waals surface area (Å²) in [6.07, 6.45) is 10.8. The maximum Gasteiger partial charge on any atom is 0.335 e. The number of aliphatic imine (C=N–C) groups is 1. The Kier molecular flexibility index (Phi) is 4.83. The van der Waals surface area contributed by atoms with Gasteiger partial charge in [0.2, 0.25) is 5.91 Å². The lowest BCUT2D eigenvalue weighted by molar-refractivity contribution is -0.132. The van der Waals surface area contributed by atoms with E-state index in [-0.39, 0.29) is 5.91 Å². The molecule has 1 amide bonds. The van der Waals surface area contributed by atoms with E-state index in [0.717, 1.165) is 53.8 Å². The molecule has 0 radical (unpaired) electrons. The van der Waals surface area contributed by atoms with Crippen LogP contribution in [0.1, 0.15) is 65.0 Å². The molecule has 0 fully saturated rings. The highest BCUT2D eigenvalue weighted by Crippen LogP contribution is 2.45. The van der Waals surface area contributed by atoms with Gasteiger partial charge in [-0.25, -0.2) is 4.79 Å². The van der Waals surface area contributed by atoms with Crippen LogP contribution in [0.25, 0.3) is 22.4 Å². The molecule has 1 atom stereocenters. The van der Waals surface area contributed by atoms with E-state index < -0.39 is 5.97 Å². The first-order valence-electron chi connectivity index (χ1n) is 12.9. The molecule has 1 aliphatic heterocycles. The van der Waals surface area contributed by atoms with Crippen LogP contribution in [0.2, 0.25) is 0 Å². The molecule has 0 aromatic heterocycles. The van der Waals surface area contributed by atoms with Crippen molar-refractivity contribution in [2.45, 2.75) is 44.4 Å². The summed E-state index contributed by atoms with van der Waals surface area (Å²) in [5.74, 6) is -0.934. The smallest absolute Gasteiger partial charge is 0.335 e. The van der Waals surface area contributed by atoms with Crippen LogP contribution in [0.5, 0.6) is 0 Å². The average Bonchev–Trinajstić information content (AvgIpc) is 3.29. The Morgan fingerprint density at radius 1 is 0.946 bits per heavy atom. The van der Waals surface area contributed by atoms with Crippen molar-refractivity contribution in [3.05, 3.63) is 99.1 Å². The lowest BCUT2D eigenvalue weighted by Gasteiger charge is -2.29. The monoisotopic (exact) mass is 486 g/mol. The van der Waals surface area contributed by atoms with Crippen LogP contribution >= 0.6 is 0 Å². The predicted molar refractivity (Wildman–Crippen MR) is 146 cm³/mol. The number of carboxylic acid groups (broad SMARTS) is 1. The molecule has 0 saturated heterocycles. The Bertz CT molecular complexity index is 1690. The highest BCUT2D eigenvalue weighted by atomic mass is 16.4. The number of carbonyl (C=O) groups excluding carboxylic acids is 1. The number of nitrogens with two attached hydrogens (primary N) is 1. The molecule has 0 spiro atoms. The Morgan fingerprint density at radius 2 is 1.78 bits per heavy atom. The lowest BCUT2D eigenvalue weighted by atomic mass is 9.75. The van der Waals surface area contributed by atoms with Crippen LogP contribution < -0.4 is 5.73 Å². The SMILES string of the molecule is NC(=O)C1=Cc2ccc3c4c(ccc3c2CC1)C(c1ccc2c(c1)C1=CC(C(=O)O)=CCC1=N2)CCC4. The van der Waals surface area contributed by atoms with Crippen molar-refractivity contribution in [2.75, 3.05) is 0 Å². The summed E-state index contributed by atoms with van der Waals surface area (Å²) in [5, 5.41) is 12.1. The second-order valence-electron chi connectivity index (χ2n) is 10.4. The standard InChI is InChI=1S/C32H26N2O3/c33-31(35)19-5-8-22-17(14-19)4-9-26-23-3-1-2-21(24(23)10-11-25(22)26)18-6-12-29-27(15-18)28-16-20(32(36)37)7-13-30(28)34-29/h4,6-7,9-12,14-16,21H,1-3,5,8,13H2,(H2,33,35)(H,36,37). The molecule has 1 unspecified atom stereocenters. The highest BCUT2D eigenvalue weighted by Gasteiger charge is 2.29. The number of carboxylic acids is 1. The van der Waals surface area contributed by atoms with Crippen molar-refractivity contribution in [3.63, 3.8) is 0 Å². The van der Waals surface area contributed by atoms with E-state index in [9.17, 15) is 14.7 Å². The largest absolute Gasteiger partial charge is 0.478 e. The summed E-state index contributed by atoms with van der Waals surface area (Å²) in [5.41, 5.74) is 16.9. The van der Waals surface area contributed by atoms with Gasteiger partial charge in [-0.1, -0.05) is 36.4 Å². The van der Waals surface area contributed by atoms with Crippen molar-refractivity contribution >= 4 is 45.7 Å². The van der Waals surface area contributed by atoms with Gasteiger partial charge in [-0.05, 0) is 95.0 Å². The number of hydrogen-bond donors (Lipinski definition) is 2. The molecule has 182 valence electrons. The summed E-state index contributed by atoms with van der Waals surface area (Å²) in [7, 11) is 0. The first kappa shape index (κ1) is 22.0. The number of hydrogen-bond acceptors (Lipinski definition) is 3. The fourth-order valence-electron chi connectivity index (χ4n) is 6.61. The van der Waals surface area contributed by atoms with E-state index in [0.29, 0.717) is 29.9 Å². The van der Waals surface area contributed by atoms with Crippen molar-refractivity contribution in [3.8, 4) is 0 Å². The fourth-order valence-corrected chi connectivity index (χ4v) is 6.61. The van der Waals surface area contributed by atoms with E-state index in [1.54, 1.807) is 12.2 Å². The summed E-state index contributed by atoms with van der Waals surface area (Å²) in [4.78, 5) is 28.0. The number of amides is 1. The summed E-state index contributed by atoms with van der Waals surface area (Å²) in [6.45, 7) is 0. The Morgan fingerprint density at radius 3 is 2.62 bits per heavy atom. The first-order chi connectivity index (χ1) is 18.0. The van der Waals surface area contributed by atoms with Crippen molar-refractivity contribution in [2.24, 2.45) is 10.7 Å². The molecule has 0 saturated carbocycles. The van der Waals surface area contributed by atoms with Crippen LogP contribution in [0.3, 0.4) is 0 Å². The molecule has 4 aliphatic rings. The molecule has 3 aromatic carbocycles. The number of benzene rings is 3. The zero-order valence-electron chi connectivity index (χ0n) is 20.4. The molecule has 3 N–H and O–H groups in total. The normalized spacial score (nSPS) is 19.5. The topological polar surface area (TPSA) is 92.8 Å². The molecular weight excluding hydrogens is 460 g/mol. The number of aliphatic carboxylic acids is 1. The van der Waals surface area contributed by atoms with Gasteiger partial charge in [0, 0.05) is 29.0 Å². The molecule has 7 rings (SSSR count). The van der Waals surface area contributed by atoms with Gasteiger partial charge in [-0.3, -0.25) is 9.79 Å². The summed E-state index contributed by atoms with van der Waals surface area (Å²) in [6, 6.07) is 15.4. The predicted octanol–water partition coefficient (Wildman–Crippen LogP) is 6.01. The number of aryl methyl sites for hydroxylation is 2. The molecule has 0 bridgehead atoms. The highest BCUT2D eigenvalue weighted by molar-refractivity contribution is 6.31. The van der Waals surface area contributed by atoms with E-state index in [2.05, 4.69) is 42.5 Å². The maximum atomic E-state index is 11.7. The van der Waals surface area contributed by atoms with Crippen LogP contribution in [0.15, 0.2) is 70.8 Å². The third-order valence-electron chi connectivity index (χ3n) is 8.42. The molecule has 1 heterocycles. The number of rotatable bonds is 3. The fraction of sp³-hybridized carbons (Fsp3) is 0.219. The van der Waals surface area contributed by atoms with Gasteiger partial charge in [-0.2, -0.15) is 0 Å². The number of primary amides is 1. The van der Waals surface area contributed by atoms with E-state index in [4.69, 9.17) is 10.7 Å². The van der Waals surface area contributed by atoms with Crippen LogP contribution in [0.4, 0.5) is 5.69 Å². The zero-order chi connectivity index (χ0) is 25.3. The summed E-state index contributed by atoms with van der Waals surface area (Å²) >= 11 is 0. The third kappa shape index (κ3) is 3.41. The molecule has 5 nitrogen and oxygen atoms in total. The lowest BCUT2D eigenvalue weighted by Crippen LogP contribution is -2.17. The second-order valence-corrected chi connectivity index (χ2v) is 10.4. The minimum Gasteiger partial charge on any atom is -0.478 e. The van der Waals surface area contributed by atoms with Crippen LogP contribution in [-0.4, -0.2) is 22.7 Å². The minimum absolute atomic E-state index is 0.290. The molecule has 3 aliphatic carbocycles. The van der Waals surface area contributed by atoms with Crippen molar-refractivity contribution < 1.29 is 14.7 Å². The van der Waals surface area contributed by atoms with E-state index >= 15 is 0 Å². The third-order valence-corrected chi connectivity index (χ3v) is 8.42. The quantitative estimate of drug-likeness (QED) is 0.475. The first-order valence-corrected chi connectivity index (χ1v) is 12.9. The van der Waals surface area contributed by atoms with Gasteiger partial charge in [-0.15, -0.1) is 0 Å². The number of carbonyl (C=O) groups is 2. The van der Waals surface area contributed by atoms with Crippen LogP contribution in [-0.2, 0) is 22.4 Å². The number of nitrogens with zero attached hydrogens (tertiary/aromatic N) is 1. The molecule has 3 aromatic rings. The van der Waals surface area contributed by atoms with Gasteiger partial charge in [0.1, 0.15) is 0 Å². The molecule has 5 heteroatoms. The van der Waals surface area contributed by atoms with Gasteiger partial charge in [0.25, 0.3) is 0 Å². The van der Waals surface area contributed by atoms with Gasteiger partial charge in [0.15, 0.2) is 0 Å². The zero-order valence-corrected chi connectivity index (χ0v) is 20.4. The second kappa shape index (κ2) is 8.13. The Balaban J connectivity index is 1.30. The summed E-state index contributed by atoms with van der Waals surface area (Å²) < 4.78 is 0. The van der Waals surface area contributed by atoms with Gasteiger partial charge >= 0.3 is 5.97 Å². The molecule has 37 heavy (non-hydrogen) atoms. The minimum atomic E-state index is -0.896. The van der Waals surface area contributed by atoms with Crippen molar-refractivity contribution in [1.82, 2.24) is 0 Å².